The van der Waals surface area contributed by atoms with E-state index < -0.39 is 0 Å². The second-order valence-electron chi connectivity index (χ2n) is 10.4. The average molecular weight is 470 g/mol. The molecule has 3 fully saturated rings. The topological polar surface area (TPSA) is 59.0 Å². The van der Waals surface area contributed by atoms with Crippen LogP contribution in [0.4, 0.5) is 0 Å². The molecule has 5 nitrogen and oxygen atoms in total. The Morgan fingerprint density at radius 3 is 2.74 bits per heavy atom. The fraction of sp³-hybridized carbons (Fsp3) is 0.833. The summed E-state index contributed by atoms with van der Waals surface area (Å²) in [6.45, 7) is 6.31. The van der Waals surface area contributed by atoms with E-state index in [-0.39, 0.29) is 22.6 Å². The molecule has 8 atom stereocenters. The van der Waals surface area contributed by atoms with Crippen LogP contribution in [0.25, 0.3) is 0 Å². The summed E-state index contributed by atoms with van der Waals surface area (Å²) in [5.74, 6) is 3.34. The lowest BCUT2D eigenvalue weighted by molar-refractivity contribution is -0.128. The number of aromatic nitrogens is 2. The van der Waals surface area contributed by atoms with E-state index in [4.69, 9.17) is 23.2 Å². The predicted octanol–water partition coefficient (Wildman–Crippen LogP) is 4.29. The van der Waals surface area contributed by atoms with E-state index in [1.54, 1.807) is 0 Å². The molecular weight excluding hydrogens is 431 g/mol. The van der Waals surface area contributed by atoms with Gasteiger partial charge in [0, 0.05) is 36.8 Å². The van der Waals surface area contributed by atoms with Crippen LogP contribution in [0.1, 0.15) is 51.9 Å². The standard InChI is InChI=1S/C24H38Cl2N4O/c1-16-4-5-27-13-21(16)19-8-18(14-30-7-6-28-15-30)9-20(11-19)24(31)29-12-17-2-3-22(25)23(26)10-17/h6-7,15-23,27H,2-5,8-14H2,1H3,(H,29,31). The monoisotopic (exact) mass is 468 g/mol. The molecule has 31 heavy (non-hydrogen) atoms. The normalized spacial score (nSPS) is 39.2. The third-order valence-corrected chi connectivity index (χ3v) is 9.23. The second-order valence-corrected chi connectivity index (χ2v) is 11.5. The van der Waals surface area contributed by atoms with Crippen molar-refractivity contribution in [3.63, 3.8) is 0 Å². The molecule has 0 aromatic carbocycles. The van der Waals surface area contributed by atoms with E-state index in [9.17, 15) is 4.79 Å². The lowest BCUT2D eigenvalue weighted by atomic mass is 9.66. The highest BCUT2D eigenvalue weighted by molar-refractivity contribution is 6.30. The van der Waals surface area contributed by atoms with Gasteiger partial charge in [-0.1, -0.05) is 6.92 Å². The van der Waals surface area contributed by atoms with Gasteiger partial charge in [0.05, 0.1) is 11.7 Å². The Morgan fingerprint density at radius 1 is 1.13 bits per heavy atom. The van der Waals surface area contributed by atoms with Crippen molar-refractivity contribution in [2.45, 2.75) is 69.2 Å². The highest BCUT2D eigenvalue weighted by atomic mass is 35.5. The molecule has 8 unspecified atom stereocenters. The van der Waals surface area contributed by atoms with Crippen molar-refractivity contribution in [1.29, 1.82) is 0 Å². The molecule has 0 bridgehead atoms. The molecule has 2 heterocycles. The molecule has 1 aromatic heterocycles. The highest BCUT2D eigenvalue weighted by Gasteiger charge is 2.39. The van der Waals surface area contributed by atoms with E-state index in [2.05, 4.69) is 27.1 Å². The molecule has 1 aliphatic heterocycles. The van der Waals surface area contributed by atoms with Crippen molar-refractivity contribution in [2.24, 2.45) is 35.5 Å². The summed E-state index contributed by atoms with van der Waals surface area (Å²) in [5.41, 5.74) is 0. The maximum atomic E-state index is 13.2. The number of hydrogen-bond donors (Lipinski definition) is 2. The van der Waals surface area contributed by atoms with Crippen molar-refractivity contribution in [2.75, 3.05) is 19.6 Å². The fourth-order valence-electron chi connectivity index (χ4n) is 6.27. The molecule has 0 radical (unpaired) electrons. The molecule has 4 rings (SSSR count). The smallest absolute Gasteiger partial charge is 0.223 e. The first-order valence-electron chi connectivity index (χ1n) is 12.2. The minimum Gasteiger partial charge on any atom is -0.356 e. The zero-order chi connectivity index (χ0) is 21.8. The van der Waals surface area contributed by atoms with Crippen LogP contribution in [-0.4, -0.2) is 45.8 Å². The van der Waals surface area contributed by atoms with Gasteiger partial charge in [-0.2, -0.15) is 0 Å². The number of imidazole rings is 1. The summed E-state index contributed by atoms with van der Waals surface area (Å²) in [4.78, 5) is 17.4. The second kappa shape index (κ2) is 10.9. The summed E-state index contributed by atoms with van der Waals surface area (Å²) < 4.78 is 2.18. The van der Waals surface area contributed by atoms with E-state index in [1.807, 2.05) is 18.7 Å². The van der Waals surface area contributed by atoms with Crippen molar-refractivity contribution < 1.29 is 4.79 Å². The van der Waals surface area contributed by atoms with Gasteiger partial charge in [-0.15, -0.1) is 23.2 Å². The zero-order valence-corrected chi connectivity index (χ0v) is 20.2. The third kappa shape index (κ3) is 6.17. The molecule has 1 amide bonds. The maximum Gasteiger partial charge on any atom is 0.223 e. The number of nitrogens with zero attached hydrogens (tertiary/aromatic N) is 2. The Kier molecular flexibility index (Phi) is 8.22. The molecule has 1 aromatic rings. The first-order chi connectivity index (χ1) is 15.0. The van der Waals surface area contributed by atoms with Crippen LogP contribution < -0.4 is 10.6 Å². The molecular formula is C24H38Cl2N4O. The van der Waals surface area contributed by atoms with Gasteiger partial charge in [-0.25, -0.2) is 4.98 Å². The SMILES string of the molecule is CC1CCNCC1C1CC(Cn2ccnc2)CC(C(=O)NCC2CCC(Cl)C(Cl)C2)C1. The number of nitrogens with one attached hydrogen (secondary N) is 2. The molecule has 2 N–H and O–H groups in total. The number of piperidine rings is 1. The molecule has 3 aliphatic rings. The third-order valence-electron chi connectivity index (χ3n) is 8.10. The Hall–Kier alpha value is -0.780. The van der Waals surface area contributed by atoms with E-state index in [1.165, 1.54) is 12.8 Å². The van der Waals surface area contributed by atoms with Gasteiger partial charge in [-0.3, -0.25) is 4.79 Å². The zero-order valence-electron chi connectivity index (χ0n) is 18.7. The minimum absolute atomic E-state index is 0.0243. The van der Waals surface area contributed by atoms with Gasteiger partial charge in [0.15, 0.2) is 0 Å². The average Bonchev–Trinajstić information content (AvgIpc) is 3.27. The summed E-state index contributed by atoms with van der Waals surface area (Å²) in [5, 5.41) is 7.00. The molecule has 7 heteroatoms. The predicted molar refractivity (Wildman–Crippen MR) is 126 cm³/mol. The maximum absolute atomic E-state index is 13.2. The molecule has 1 saturated heterocycles. The summed E-state index contributed by atoms with van der Waals surface area (Å²) in [6.07, 6.45) is 13.1. The molecule has 2 aliphatic carbocycles. The lowest BCUT2D eigenvalue weighted by Crippen LogP contribution is -2.45. The molecule has 174 valence electrons. The quantitative estimate of drug-likeness (QED) is 0.611. The van der Waals surface area contributed by atoms with Gasteiger partial charge in [-0.05, 0) is 87.6 Å². The van der Waals surface area contributed by atoms with Crippen molar-refractivity contribution >= 4 is 29.1 Å². The summed E-state index contributed by atoms with van der Waals surface area (Å²) in [6, 6.07) is 0. The van der Waals surface area contributed by atoms with Crippen LogP contribution in [0.2, 0.25) is 0 Å². The Labute approximate surface area is 197 Å². The number of carbonyl (C=O) groups is 1. The summed E-state index contributed by atoms with van der Waals surface area (Å²) >= 11 is 12.6. The largest absolute Gasteiger partial charge is 0.356 e. The number of carbonyl (C=O) groups excluding carboxylic acids is 1. The van der Waals surface area contributed by atoms with Crippen LogP contribution >= 0.6 is 23.2 Å². The van der Waals surface area contributed by atoms with E-state index in [0.717, 1.165) is 64.2 Å². The first-order valence-corrected chi connectivity index (χ1v) is 13.1. The van der Waals surface area contributed by atoms with Gasteiger partial charge < -0.3 is 15.2 Å². The summed E-state index contributed by atoms with van der Waals surface area (Å²) in [7, 11) is 0. The van der Waals surface area contributed by atoms with E-state index >= 15 is 0 Å². The Morgan fingerprint density at radius 2 is 2.00 bits per heavy atom. The van der Waals surface area contributed by atoms with Crippen LogP contribution in [0, 0.1) is 35.5 Å². The highest BCUT2D eigenvalue weighted by Crippen LogP contribution is 2.42. The Bertz CT molecular complexity index is 700. The van der Waals surface area contributed by atoms with Crippen LogP contribution in [0.15, 0.2) is 18.7 Å². The fourth-order valence-corrected chi connectivity index (χ4v) is 6.88. The molecule has 0 spiro atoms. The number of hydrogen-bond acceptors (Lipinski definition) is 3. The van der Waals surface area contributed by atoms with Crippen LogP contribution in [-0.2, 0) is 11.3 Å². The number of halogens is 2. The van der Waals surface area contributed by atoms with Crippen molar-refractivity contribution in [1.82, 2.24) is 20.2 Å². The number of alkyl halides is 2. The van der Waals surface area contributed by atoms with Gasteiger partial charge in [0.25, 0.3) is 0 Å². The van der Waals surface area contributed by atoms with Gasteiger partial charge in [0.1, 0.15) is 0 Å². The van der Waals surface area contributed by atoms with Gasteiger partial charge in [0.2, 0.25) is 5.91 Å². The Balaban J connectivity index is 1.37. The lowest BCUT2D eigenvalue weighted by Gasteiger charge is -2.42. The number of amides is 1. The first kappa shape index (κ1) is 23.4. The van der Waals surface area contributed by atoms with Crippen LogP contribution in [0.3, 0.4) is 0 Å². The van der Waals surface area contributed by atoms with Crippen molar-refractivity contribution in [3.8, 4) is 0 Å². The van der Waals surface area contributed by atoms with Gasteiger partial charge >= 0.3 is 0 Å². The van der Waals surface area contributed by atoms with E-state index in [0.29, 0.717) is 23.7 Å². The molecule has 2 saturated carbocycles. The number of rotatable bonds is 6. The van der Waals surface area contributed by atoms with Crippen molar-refractivity contribution in [3.05, 3.63) is 18.7 Å². The van der Waals surface area contributed by atoms with Crippen LogP contribution in [0.5, 0.6) is 0 Å². The minimum atomic E-state index is 0.0243.